The normalized spacial score (nSPS) is 10.2. The van der Waals surface area contributed by atoms with Crippen LogP contribution in [0, 0.1) is 0 Å². The van der Waals surface area contributed by atoms with E-state index < -0.39 is 0 Å². The highest BCUT2D eigenvalue weighted by molar-refractivity contribution is 7.11. The van der Waals surface area contributed by atoms with Gasteiger partial charge in [-0.2, -0.15) is 0 Å². The second kappa shape index (κ2) is 7.46. The minimum atomic E-state index is -0.180. The Kier molecular flexibility index (Phi) is 6.09. The van der Waals surface area contributed by atoms with Crippen LogP contribution in [0.4, 0.5) is 0 Å². The zero-order valence-electron chi connectivity index (χ0n) is 9.20. The summed E-state index contributed by atoms with van der Waals surface area (Å²) in [6, 6.07) is 3.66. The highest BCUT2D eigenvalue weighted by Crippen LogP contribution is 2.10. The van der Waals surface area contributed by atoms with Gasteiger partial charge in [0, 0.05) is 0 Å². The number of thiophene rings is 1. The molecule has 0 fully saturated rings. The van der Waals surface area contributed by atoms with Gasteiger partial charge in [0.25, 0.3) is 0 Å². The van der Waals surface area contributed by atoms with E-state index in [9.17, 15) is 4.79 Å². The zero-order valence-corrected chi connectivity index (χ0v) is 10.0. The van der Waals surface area contributed by atoms with E-state index in [1.54, 1.807) is 6.07 Å². The Morgan fingerprint density at radius 3 is 2.80 bits per heavy atom. The van der Waals surface area contributed by atoms with Gasteiger partial charge in [-0.3, -0.25) is 0 Å². The zero-order chi connectivity index (χ0) is 10.9. The summed E-state index contributed by atoms with van der Waals surface area (Å²) in [5.41, 5.74) is 0. The van der Waals surface area contributed by atoms with Crippen LogP contribution < -0.4 is 0 Å². The number of unbranched alkanes of at least 4 members (excludes halogenated alkanes) is 4. The van der Waals surface area contributed by atoms with Gasteiger partial charge in [0.05, 0.1) is 6.61 Å². The highest BCUT2D eigenvalue weighted by Gasteiger charge is 2.06. The first-order chi connectivity index (χ1) is 7.34. The third-order valence-corrected chi connectivity index (χ3v) is 3.05. The molecule has 1 aromatic heterocycles. The SMILES string of the molecule is CCCCCCCOC(=O)c1cccs1. The van der Waals surface area contributed by atoms with Crippen LogP contribution in [0.25, 0.3) is 0 Å². The Balaban J connectivity index is 2.03. The first kappa shape index (κ1) is 12.2. The van der Waals surface area contributed by atoms with Crippen molar-refractivity contribution in [2.75, 3.05) is 6.61 Å². The van der Waals surface area contributed by atoms with Gasteiger partial charge in [0.1, 0.15) is 4.88 Å². The fourth-order valence-corrected chi connectivity index (χ4v) is 1.95. The second-order valence-electron chi connectivity index (χ2n) is 3.53. The molecule has 0 aliphatic carbocycles. The predicted molar refractivity (Wildman–Crippen MR) is 63.4 cm³/mol. The van der Waals surface area contributed by atoms with Crippen LogP contribution in [0.1, 0.15) is 48.7 Å². The van der Waals surface area contributed by atoms with Crippen LogP contribution in [0.3, 0.4) is 0 Å². The largest absolute Gasteiger partial charge is 0.462 e. The molecular weight excluding hydrogens is 208 g/mol. The van der Waals surface area contributed by atoms with Gasteiger partial charge in [-0.1, -0.05) is 38.7 Å². The topological polar surface area (TPSA) is 26.3 Å². The summed E-state index contributed by atoms with van der Waals surface area (Å²) in [6.07, 6.45) is 5.91. The number of carbonyl (C=O) groups excluding carboxylic acids is 1. The quantitative estimate of drug-likeness (QED) is 0.521. The summed E-state index contributed by atoms with van der Waals surface area (Å²) in [7, 11) is 0. The van der Waals surface area contributed by atoms with E-state index in [-0.39, 0.29) is 5.97 Å². The molecule has 0 saturated carbocycles. The summed E-state index contributed by atoms with van der Waals surface area (Å²) >= 11 is 1.43. The molecule has 0 amide bonds. The molecule has 0 atom stereocenters. The van der Waals surface area contributed by atoms with Crippen LogP contribution in [0.15, 0.2) is 17.5 Å². The Morgan fingerprint density at radius 1 is 1.33 bits per heavy atom. The van der Waals surface area contributed by atoms with Crippen LogP contribution in [0.5, 0.6) is 0 Å². The Morgan fingerprint density at radius 2 is 2.13 bits per heavy atom. The number of carbonyl (C=O) groups is 1. The monoisotopic (exact) mass is 226 g/mol. The van der Waals surface area contributed by atoms with Crippen molar-refractivity contribution in [1.29, 1.82) is 0 Å². The minimum absolute atomic E-state index is 0.180. The Bertz CT molecular complexity index is 267. The lowest BCUT2D eigenvalue weighted by Crippen LogP contribution is -2.04. The molecular formula is C12H18O2S. The molecule has 0 radical (unpaired) electrons. The average Bonchev–Trinajstić information content (AvgIpc) is 2.76. The standard InChI is InChI=1S/C12H18O2S/c1-2-3-4-5-6-9-14-12(13)11-8-7-10-15-11/h7-8,10H,2-6,9H2,1H3. The van der Waals surface area contributed by atoms with E-state index in [0.29, 0.717) is 11.5 Å². The van der Waals surface area contributed by atoms with E-state index in [1.807, 2.05) is 11.4 Å². The third-order valence-electron chi connectivity index (χ3n) is 2.20. The maximum absolute atomic E-state index is 11.4. The summed E-state index contributed by atoms with van der Waals surface area (Å²) in [5, 5.41) is 1.89. The lowest BCUT2D eigenvalue weighted by Gasteiger charge is -2.02. The maximum Gasteiger partial charge on any atom is 0.348 e. The first-order valence-electron chi connectivity index (χ1n) is 5.55. The molecule has 0 bridgehead atoms. The smallest absolute Gasteiger partial charge is 0.348 e. The molecule has 0 aromatic carbocycles. The van der Waals surface area contributed by atoms with Crippen molar-refractivity contribution in [2.24, 2.45) is 0 Å². The number of hydrogen-bond acceptors (Lipinski definition) is 3. The molecule has 0 aliphatic rings. The van der Waals surface area contributed by atoms with Crippen molar-refractivity contribution in [3.8, 4) is 0 Å². The predicted octanol–water partition coefficient (Wildman–Crippen LogP) is 3.88. The van der Waals surface area contributed by atoms with Gasteiger partial charge in [-0.25, -0.2) is 4.79 Å². The van der Waals surface area contributed by atoms with E-state index in [4.69, 9.17) is 4.74 Å². The van der Waals surface area contributed by atoms with Crippen molar-refractivity contribution >= 4 is 17.3 Å². The van der Waals surface area contributed by atoms with Gasteiger partial charge < -0.3 is 4.74 Å². The fraction of sp³-hybridized carbons (Fsp3) is 0.583. The van der Waals surface area contributed by atoms with Crippen LogP contribution >= 0.6 is 11.3 Å². The van der Waals surface area contributed by atoms with Crippen LogP contribution in [-0.2, 0) is 4.74 Å². The Labute approximate surface area is 95.3 Å². The molecule has 0 unspecified atom stereocenters. The molecule has 3 heteroatoms. The van der Waals surface area contributed by atoms with E-state index >= 15 is 0 Å². The molecule has 0 N–H and O–H groups in total. The molecule has 84 valence electrons. The lowest BCUT2D eigenvalue weighted by atomic mass is 10.2. The van der Waals surface area contributed by atoms with Crippen LogP contribution in [-0.4, -0.2) is 12.6 Å². The highest BCUT2D eigenvalue weighted by atomic mass is 32.1. The van der Waals surface area contributed by atoms with Crippen molar-refractivity contribution in [3.63, 3.8) is 0 Å². The van der Waals surface area contributed by atoms with Gasteiger partial charge in [0.2, 0.25) is 0 Å². The third kappa shape index (κ3) is 4.98. The number of ether oxygens (including phenoxy) is 1. The molecule has 1 heterocycles. The van der Waals surface area contributed by atoms with E-state index in [2.05, 4.69) is 6.92 Å². The summed E-state index contributed by atoms with van der Waals surface area (Å²) in [6.45, 7) is 2.75. The minimum Gasteiger partial charge on any atom is -0.462 e. The summed E-state index contributed by atoms with van der Waals surface area (Å²) < 4.78 is 5.14. The van der Waals surface area contributed by atoms with Crippen LogP contribution in [0.2, 0.25) is 0 Å². The van der Waals surface area contributed by atoms with Crippen molar-refractivity contribution in [2.45, 2.75) is 39.0 Å². The van der Waals surface area contributed by atoms with Crippen molar-refractivity contribution < 1.29 is 9.53 Å². The number of hydrogen-bond donors (Lipinski definition) is 0. The van der Waals surface area contributed by atoms with E-state index in [0.717, 1.165) is 12.8 Å². The Hall–Kier alpha value is -0.830. The molecule has 1 aromatic rings. The summed E-state index contributed by atoms with van der Waals surface area (Å²) in [5.74, 6) is -0.180. The maximum atomic E-state index is 11.4. The van der Waals surface area contributed by atoms with Gasteiger partial charge in [0.15, 0.2) is 0 Å². The lowest BCUT2D eigenvalue weighted by molar-refractivity contribution is 0.0503. The second-order valence-corrected chi connectivity index (χ2v) is 4.48. The molecule has 0 saturated heterocycles. The van der Waals surface area contributed by atoms with Gasteiger partial charge >= 0.3 is 5.97 Å². The molecule has 0 spiro atoms. The van der Waals surface area contributed by atoms with Gasteiger partial charge in [-0.15, -0.1) is 11.3 Å². The number of rotatable bonds is 7. The number of esters is 1. The fourth-order valence-electron chi connectivity index (χ4n) is 1.34. The first-order valence-corrected chi connectivity index (χ1v) is 6.43. The van der Waals surface area contributed by atoms with E-state index in [1.165, 1.54) is 30.6 Å². The van der Waals surface area contributed by atoms with Crippen molar-refractivity contribution in [1.82, 2.24) is 0 Å². The molecule has 15 heavy (non-hydrogen) atoms. The molecule has 1 rings (SSSR count). The average molecular weight is 226 g/mol. The molecule has 2 nitrogen and oxygen atoms in total. The molecule has 0 aliphatic heterocycles. The van der Waals surface area contributed by atoms with Crippen molar-refractivity contribution in [3.05, 3.63) is 22.4 Å². The summed E-state index contributed by atoms with van der Waals surface area (Å²) in [4.78, 5) is 12.1. The van der Waals surface area contributed by atoms with Gasteiger partial charge in [-0.05, 0) is 17.9 Å².